The molecule has 1 aromatic heterocycles. The average Bonchev–Trinajstić information content (AvgIpc) is 2.82. The summed E-state index contributed by atoms with van der Waals surface area (Å²) in [5.41, 5.74) is 0. The summed E-state index contributed by atoms with van der Waals surface area (Å²) in [6.07, 6.45) is 1.96. The summed E-state index contributed by atoms with van der Waals surface area (Å²) in [5.74, 6) is 0.412. The van der Waals surface area contributed by atoms with Gasteiger partial charge in [-0.15, -0.1) is 5.10 Å². The summed E-state index contributed by atoms with van der Waals surface area (Å²) in [4.78, 5) is 0. The summed E-state index contributed by atoms with van der Waals surface area (Å²) >= 11 is 0. The molecule has 9 heteroatoms. The normalized spacial score (nSPS) is 20.5. The van der Waals surface area contributed by atoms with E-state index in [2.05, 4.69) is 25.0 Å². The van der Waals surface area contributed by atoms with Crippen molar-refractivity contribution >= 4 is 16.2 Å². The van der Waals surface area contributed by atoms with Gasteiger partial charge in [0.2, 0.25) is 5.89 Å². The Hall–Kier alpha value is -1.19. The van der Waals surface area contributed by atoms with Gasteiger partial charge in [0.25, 0.3) is 0 Å². The van der Waals surface area contributed by atoms with Gasteiger partial charge in [0.15, 0.2) is 0 Å². The summed E-state index contributed by atoms with van der Waals surface area (Å²) < 4.78 is 33.0. The zero-order chi connectivity index (χ0) is 13.2. The third-order valence-corrected chi connectivity index (χ3v) is 3.64. The second-order valence-corrected chi connectivity index (χ2v) is 5.92. The predicted molar refractivity (Wildman–Crippen MR) is 65.1 cm³/mol. The molecular weight excluding hydrogens is 258 g/mol. The number of aromatic nitrogens is 2. The Morgan fingerprint density at radius 1 is 1.44 bits per heavy atom. The summed E-state index contributed by atoms with van der Waals surface area (Å²) in [6.45, 7) is 4.35. The van der Waals surface area contributed by atoms with E-state index < -0.39 is 10.2 Å². The van der Waals surface area contributed by atoms with Crippen molar-refractivity contribution in [1.82, 2.24) is 20.2 Å². The molecule has 0 radical (unpaired) electrons. The van der Waals surface area contributed by atoms with Crippen molar-refractivity contribution in [2.75, 3.05) is 11.3 Å². The highest BCUT2D eigenvalue weighted by Crippen LogP contribution is 2.22. The summed E-state index contributed by atoms with van der Waals surface area (Å²) in [6, 6.07) is -0.304. The smallest absolute Gasteiger partial charge is 0.330 e. The van der Waals surface area contributed by atoms with Crippen LogP contribution < -0.4 is 14.8 Å². The van der Waals surface area contributed by atoms with Gasteiger partial charge >= 0.3 is 16.2 Å². The third-order valence-electron chi connectivity index (χ3n) is 2.41. The SMILES string of the molecule is CC(C)NS(=O)(=O)Nc1nnc(C2CCCN2)o1. The Morgan fingerprint density at radius 2 is 2.22 bits per heavy atom. The van der Waals surface area contributed by atoms with Crippen LogP contribution in [0.5, 0.6) is 0 Å². The van der Waals surface area contributed by atoms with Crippen molar-refractivity contribution in [3.05, 3.63) is 5.89 Å². The summed E-state index contributed by atoms with van der Waals surface area (Å²) in [7, 11) is -3.66. The Kier molecular flexibility index (Phi) is 3.83. The minimum atomic E-state index is -3.66. The fourth-order valence-corrected chi connectivity index (χ4v) is 2.76. The number of rotatable bonds is 5. The quantitative estimate of drug-likeness (QED) is 0.705. The van der Waals surface area contributed by atoms with Gasteiger partial charge in [-0.2, -0.15) is 13.1 Å². The molecule has 1 aromatic rings. The van der Waals surface area contributed by atoms with Gasteiger partial charge in [-0.05, 0) is 33.2 Å². The molecule has 0 aliphatic carbocycles. The van der Waals surface area contributed by atoms with Crippen molar-refractivity contribution in [2.24, 2.45) is 0 Å². The maximum absolute atomic E-state index is 11.6. The molecule has 1 aliphatic heterocycles. The maximum atomic E-state index is 11.6. The molecule has 0 aromatic carbocycles. The van der Waals surface area contributed by atoms with Crippen LogP contribution >= 0.6 is 0 Å². The highest BCUT2D eigenvalue weighted by molar-refractivity contribution is 7.90. The van der Waals surface area contributed by atoms with E-state index in [0.717, 1.165) is 19.4 Å². The second kappa shape index (κ2) is 5.21. The lowest BCUT2D eigenvalue weighted by Gasteiger charge is -2.08. The van der Waals surface area contributed by atoms with E-state index in [1.807, 2.05) is 0 Å². The van der Waals surface area contributed by atoms with Gasteiger partial charge in [-0.25, -0.2) is 4.72 Å². The Morgan fingerprint density at radius 3 is 2.83 bits per heavy atom. The summed E-state index contributed by atoms with van der Waals surface area (Å²) in [5, 5.41) is 10.7. The Balaban J connectivity index is 2.02. The fraction of sp³-hybridized carbons (Fsp3) is 0.778. The zero-order valence-electron chi connectivity index (χ0n) is 10.3. The molecule has 2 heterocycles. The number of hydrogen-bond donors (Lipinski definition) is 3. The van der Waals surface area contributed by atoms with E-state index in [4.69, 9.17) is 4.42 Å². The van der Waals surface area contributed by atoms with Crippen LogP contribution in [0.15, 0.2) is 4.42 Å². The van der Waals surface area contributed by atoms with Gasteiger partial charge in [-0.1, -0.05) is 5.10 Å². The molecule has 1 saturated heterocycles. The molecule has 1 unspecified atom stereocenters. The number of anilines is 1. The van der Waals surface area contributed by atoms with Crippen LogP contribution in [0.2, 0.25) is 0 Å². The molecule has 102 valence electrons. The molecule has 1 aliphatic rings. The van der Waals surface area contributed by atoms with Crippen molar-refractivity contribution in [1.29, 1.82) is 0 Å². The lowest BCUT2D eigenvalue weighted by molar-refractivity contribution is 0.439. The monoisotopic (exact) mass is 275 g/mol. The molecule has 1 fully saturated rings. The number of nitrogens with zero attached hydrogens (tertiary/aromatic N) is 2. The lowest BCUT2D eigenvalue weighted by atomic mass is 10.2. The van der Waals surface area contributed by atoms with Gasteiger partial charge in [0.05, 0.1) is 6.04 Å². The van der Waals surface area contributed by atoms with Crippen LogP contribution in [0, 0.1) is 0 Å². The molecule has 18 heavy (non-hydrogen) atoms. The average molecular weight is 275 g/mol. The molecule has 2 rings (SSSR count). The van der Waals surface area contributed by atoms with E-state index in [1.54, 1.807) is 13.8 Å². The predicted octanol–water partition coefficient (Wildman–Crippen LogP) is 0.149. The zero-order valence-corrected chi connectivity index (χ0v) is 11.1. The molecule has 1 atom stereocenters. The molecular formula is C9H17N5O3S. The molecule has 0 bridgehead atoms. The van der Waals surface area contributed by atoms with E-state index in [9.17, 15) is 8.42 Å². The van der Waals surface area contributed by atoms with Gasteiger partial charge < -0.3 is 9.73 Å². The first kappa shape index (κ1) is 13.2. The van der Waals surface area contributed by atoms with Crippen LogP contribution in [0.25, 0.3) is 0 Å². The van der Waals surface area contributed by atoms with Crippen LogP contribution in [0.3, 0.4) is 0 Å². The van der Waals surface area contributed by atoms with Gasteiger partial charge in [-0.3, -0.25) is 0 Å². The Labute approximate surface area is 106 Å². The largest absolute Gasteiger partial charge is 0.406 e. The first-order valence-corrected chi connectivity index (χ1v) is 7.31. The minimum Gasteiger partial charge on any atom is -0.406 e. The number of nitrogens with one attached hydrogen (secondary N) is 3. The van der Waals surface area contributed by atoms with E-state index in [0.29, 0.717) is 5.89 Å². The number of hydrogen-bond acceptors (Lipinski definition) is 6. The fourth-order valence-electron chi connectivity index (χ4n) is 1.77. The standard InChI is InChI=1S/C9H17N5O3S/c1-6(2)13-18(15,16)14-9-12-11-8(17-9)7-4-3-5-10-7/h6-7,10,13H,3-5H2,1-2H3,(H,12,14). The van der Waals surface area contributed by atoms with Crippen molar-refractivity contribution in [2.45, 2.75) is 38.8 Å². The first-order valence-electron chi connectivity index (χ1n) is 5.83. The second-order valence-electron chi connectivity index (χ2n) is 4.47. The molecule has 8 nitrogen and oxygen atoms in total. The van der Waals surface area contributed by atoms with Gasteiger partial charge in [0.1, 0.15) is 0 Å². The van der Waals surface area contributed by atoms with E-state index >= 15 is 0 Å². The molecule has 0 spiro atoms. The van der Waals surface area contributed by atoms with E-state index in [1.165, 1.54) is 0 Å². The van der Waals surface area contributed by atoms with Crippen LogP contribution in [-0.4, -0.2) is 31.2 Å². The van der Waals surface area contributed by atoms with Crippen molar-refractivity contribution in [3.63, 3.8) is 0 Å². The van der Waals surface area contributed by atoms with Crippen molar-refractivity contribution < 1.29 is 12.8 Å². The van der Waals surface area contributed by atoms with Crippen LogP contribution in [0.4, 0.5) is 6.01 Å². The maximum Gasteiger partial charge on any atom is 0.330 e. The third kappa shape index (κ3) is 3.40. The lowest BCUT2D eigenvalue weighted by Crippen LogP contribution is -2.35. The molecule has 3 N–H and O–H groups in total. The minimum absolute atomic E-state index is 0.0220. The van der Waals surface area contributed by atoms with E-state index in [-0.39, 0.29) is 18.1 Å². The highest BCUT2D eigenvalue weighted by Gasteiger charge is 2.23. The van der Waals surface area contributed by atoms with Gasteiger partial charge in [0, 0.05) is 6.04 Å². The molecule has 0 saturated carbocycles. The van der Waals surface area contributed by atoms with Crippen LogP contribution in [-0.2, 0) is 10.2 Å². The van der Waals surface area contributed by atoms with Crippen molar-refractivity contribution in [3.8, 4) is 0 Å². The first-order chi connectivity index (χ1) is 8.46. The topological polar surface area (TPSA) is 109 Å². The van der Waals surface area contributed by atoms with Crippen LogP contribution in [0.1, 0.15) is 38.6 Å². The highest BCUT2D eigenvalue weighted by atomic mass is 32.2. The Bertz CT molecular complexity index is 492. The molecule has 0 amide bonds.